The van der Waals surface area contributed by atoms with E-state index in [0.717, 1.165) is 24.5 Å². The molecule has 21 heavy (non-hydrogen) atoms. The summed E-state index contributed by atoms with van der Waals surface area (Å²) in [5.41, 5.74) is 0. The van der Waals surface area contributed by atoms with E-state index in [9.17, 15) is 8.42 Å². The summed E-state index contributed by atoms with van der Waals surface area (Å²) in [6, 6.07) is 4.06. The molecule has 1 fully saturated rings. The topological polar surface area (TPSA) is 60.9 Å². The van der Waals surface area contributed by atoms with Crippen LogP contribution in [-0.4, -0.2) is 61.8 Å². The van der Waals surface area contributed by atoms with Gasteiger partial charge in [0.2, 0.25) is 10.0 Å². The van der Waals surface area contributed by atoms with Gasteiger partial charge in [-0.1, -0.05) is 11.8 Å². The number of sulfonamides is 1. The Balaban J connectivity index is 1.86. The van der Waals surface area contributed by atoms with Gasteiger partial charge in [0.1, 0.15) is 0 Å². The van der Waals surface area contributed by atoms with Crippen molar-refractivity contribution in [1.82, 2.24) is 9.21 Å². The molecule has 7 heteroatoms. The Morgan fingerprint density at radius 3 is 2.62 bits per heavy atom. The molecule has 1 aliphatic rings. The Bertz CT molecular complexity index is 620. The summed E-state index contributed by atoms with van der Waals surface area (Å²) in [6.07, 6.45) is 1.76. The Morgan fingerprint density at radius 2 is 2.00 bits per heavy atom. The maximum absolute atomic E-state index is 11.5. The second-order valence-electron chi connectivity index (χ2n) is 4.98. The van der Waals surface area contributed by atoms with Gasteiger partial charge in [0, 0.05) is 44.0 Å². The van der Waals surface area contributed by atoms with Crippen LogP contribution in [0.3, 0.4) is 0 Å². The van der Waals surface area contributed by atoms with Crippen LogP contribution in [0.1, 0.15) is 16.2 Å². The van der Waals surface area contributed by atoms with Crippen LogP contribution in [0.4, 0.5) is 0 Å². The van der Waals surface area contributed by atoms with Crippen molar-refractivity contribution < 1.29 is 13.5 Å². The number of hydrogen-bond donors (Lipinski definition) is 1. The first kappa shape index (κ1) is 16.5. The van der Waals surface area contributed by atoms with E-state index in [4.69, 9.17) is 5.11 Å². The highest BCUT2D eigenvalue weighted by Crippen LogP contribution is 2.18. The molecule has 0 bridgehead atoms. The van der Waals surface area contributed by atoms with Crippen molar-refractivity contribution >= 4 is 21.4 Å². The lowest BCUT2D eigenvalue weighted by atomic mass is 10.3. The summed E-state index contributed by atoms with van der Waals surface area (Å²) >= 11 is 1.65. The lowest BCUT2D eigenvalue weighted by Crippen LogP contribution is -2.47. The zero-order chi connectivity index (χ0) is 15.3. The number of rotatable bonds is 4. The molecule has 0 radical (unpaired) electrons. The van der Waals surface area contributed by atoms with E-state index in [2.05, 4.69) is 22.8 Å². The van der Waals surface area contributed by atoms with Gasteiger partial charge in [-0.2, -0.15) is 4.31 Å². The molecule has 0 aliphatic carbocycles. The number of aliphatic hydroxyl groups excluding tert-OH is 1. The van der Waals surface area contributed by atoms with Gasteiger partial charge in [-0.15, -0.1) is 11.3 Å². The SMILES string of the molecule is CS(=O)(=O)N1CCN(Cc2ccc(C#CCCO)s2)CC1. The molecule has 5 nitrogen and oxygen atoms in total. The van der Waals surface area contributed by atoms with E-state index in [1.165, 1.54) is 15.4 Å². The normalized spacial score (nSPS) is 17.4. The van der Waals surface area contributed by atoms with Crippen LogP contribution in [0, 0.1) is 11.8 Å². The van der Waals surface area contributed by atoms with Crippen LogP contribution in [0.5, 0.6) is 0 Å². The van der Waals surface area contributed by atoms with Gasteiger partial charge in [-0.05, 0) is 12.1 Å². The van der Waals surface area contributed by atoms with Gasteiger partial charge in [0.25, 0.3) is 0 Å². The number of hydrogen-bond acceptors (Lipinski definition) is 5. The van der Waals surface area contributed by atoms with Crippen molar-refractivity contribution in [3.05, 3.63) is 21.9 Å². The predicted octanol–water partition coefficient (Wildman–Crippen LogP) is 0.559. The summed E-state index contributed by atoms with van der Waals surface area (Å²) in [4.78, 5) is 4.50. The highest BCUT2D eigenvalue weighted by molar-refractivity contribution is 7.88. The minimum atomic E-state index is -3.06. The Hall–Kier alpha value is -0.910. The molecule has 0 saturated carbocycles. The molecule has 1 saturated heterocycles. The standard InChI is InChI=1S/C14H20N2O3S2/c1-21(18,19)16-9-7-15(8-10-16)12-14-6-5-13(20-14)4-2-3-11-17/h5-6,17H,3,7-12H2,1H3. The van der Waals surface area contributed by atoms with Crippen molar-refractivity contribution in [2.24, 2.45) is 0 Å². The van der Waals surface area contributed by atoms with Gasteiger partial charge in [0.05, 0.1) is 17.7 Å². The van der Waals surface area contributed by atoms with Crippen molar-refractivity contribution in [3.8, 4) is 11.8 Å². The van der Waals surface area contributed by atoms with Crippen molar-refractivity contribution in [2.75, 3.05) is 39.0 Å². The lowest BCUT2D eigenvalue weighted by Gasteiger charge is -2.32. The van der Waals surface area contributed by atoms with E-state index in [1.54, 1.807) is 11.3 Å². The molecule has 0 aromatic carbocycles. The zero-order valence-electron chi connectivity index (χ0n) is 12.1. The predicted molar refractivity (Wildman–Crippen MR) is 84.6 cm³/mol. The molecule has 1 aromatic rings. The quantitative estimate of drug-likeness (QED) is 0.821. The van der Waals surface area contributed by atoms with Gasteiger partial charge in [-0.3, -0.25) is 4.90 Å². The first-order valence-corrected chi connectivity index (χ1v) is 9.51. The smallest absolute Gasteiger partial charge is 0.211 e. The van der Waals surface area contributed by atoms with Crippen molar-refractivity contribution in [3.63, 3.8) is 0 Å². The second-order valence-corrected chi connectivity index (χ2v) is 8.13. The van der Waals surface area contributed by atoms with Crippen LogP contribution >= 0.6 is 11.3 Å². The third kappa shape index (κ3) is 5.09. The summed E-state index contributed by atoms with van der Waals surface area (Å²) in [5, 5.41) is 8.69. The third-order valence-electron chi connectivity index (χ3n) is 3.29. The van der Waals surface area contributed by atoms with Crippen molar-refractivity contribution in [1.29, 1.82) is 0 Å². The molecular weight excluding hydrogens is 308 g/mol. The Labute approximate surface area is 130 Å². The average Bonchev–Trinajstić information content (AvgIpc) is 2.86. The summed E-state index contributed by atoms with van der Waals surface area (Å²) < 4.78 is 24.4. The lowest BCUT2D eigenvalue weighted by molar-refractivity contribution is 0.183. The van der Waals surface area contributed by atoms with Gasteiger partial charge < -0.3 is 5.11 Å². The highest BCUT2D eigenvalue weighted by Gasteiger charge is 2.23. The van der Waals surface area contributed by atoms with Crippen LogP contribution in [0.2, 0.25) is 0 Å². The largest absolute Gasteiger partial charge is 0.395 e. The molecule has 2 rings (SSSR count). The summed E-state index contributed by atoms with van der Waals surface area (Å²) in [5.74, 6) is 5.95. The number of piperazine rings is 1. The Morgan fingerprint density at radius 1 is 1.29 bits per heavy atom. The minimum absolute atomic E-state index is 0.0931. The number of thiophene rings is 1. The Kier molecular flexibility index (Phi) is 5.79. The maximum atomic E-state index is 11.5. The molecule has 0 amide bonds. The van der Waals surface area contributed by atoms with E-state index in [0.29, 0.717) is 19.5 Å². The van der Waals surface area contributed by atoms with Crippen molar-refractivity contribution in [2.45, 2.75) is 13.0 Å². The fourth-order valence-corrected chi connectivity index (χ4v) is 3.93. The minimum Gasteiger partial charge on any atom is -0.395 e. The van der Waals surface area contributed by atoms with E-state index in [-0.39, 0.29) is 6.61 Å². The molecule has 0 spiro atoms. The van der Waals surface area contributed by atoms with Crippen LogP contribution in [0.25, 0.3) is 0 Å². The first-order chi connectivity index (χ1) is 9.99. The highest BCUT2D eigenvalue weighted by atomic mass is 32.2. The molecule has 1 N–H and O–H groups in total. The van der Waals surface area contributed by atoms with E-state index in [1.807, 2.05) is 6.07 Å². The van der Waals surface area contributed by atoms with Crippen LogP contribution in [0.15, 0.2) is 12.1 Å². The number of nitrogens with zero attached hydrogens (tertiary/aromatic N) is 2. The molecule has 2 heterocycles. The van der Waals surface area contributed by atoms with E-state index < -0.39 is 10.0 Å². The zero-order valence-corrected chi connectivity index (χ0v) is 13.7. The van der Waals surface area contributed by atoms with Gasteiger partial charge >= 0.3 is 0 Å². The van der Waals surface area contributed by atoms with Gasteiger partial charge in [-0.25, -0.2) is 8.42 Å². The maximum Gasteiger partial charge on any atom is 0.211 e. The van der Waals surface area contributed by atoms with Crippen LogP contribution in [-0.2, 0) is 16.6 Å². The molecule has 0 atom stereocenters. The third-order valence-corrected chi connectivity index (χ3v) is 5.58. The fraction of sp³-hybridized carbons (Fsp3) is 0.571. The molecule has 116 valence electrons. The summed E-state index contributed by atoms with van der Waals surface area (Å²) in [6.45, 7) is 3.58. The summed E-state index contributed by atoms with van der Waals surface area (Å²) in [7, 11) is -3.06. The van der Waals surface area contributed by atoms with E-state index >= 15 is 0 Å². The second kappa shape index (κ2) is 7.38. The molecule has 0 unspecified atom stereocenters. The molecular formula is C14H20N2O3S2. The molecule has 1 aliphatic heterocycles. The van der Waals surface area contributed by atoms with Gasteiger partial charge in [0.15, 0.2) is 0 Å². The number of aliphatic hydroxyl groups is 1. The average molecular weight is 328 g/mol. The first-order valence-electron chi connectivity index (χ1n) is 6.85. The fourth-order valence-electron chi connectivity index (χ4n) is 2.18. The molecule has 1 aromatic heterocycles. The van der Waals surface area contributed by atoms with Crippen LogP contribution < -0.4 is 0 Å². The monoisotopic (exact) mass is 328 g/mol.